The highest BCUT2D eigenvalue weighted by Gasteiger charge is 2.19. The summed E-state index contributed by atoms with van der Waals surface area (Å²) in [6, 6.07) is 0. The maximum Gasteiger partial charge on any atom is 0.0596 e. The standard InChI is InChI=1S/C9H18ClNO/c1-8(2)12-6-5-11-4-3-9(10)7-11/h8-9H,3-7H2,1-2H3. The van der Waals surface area contributed by atoms with Gasteiger partial charge in [-0.1, -0.05) is 0 Å². The second-order valence-corrected chi connectivity index (χ2v) is 4.22. The van der Waals surface area contributed by atoms with Crippen LogP contribution in [-0.4, -0.2) is 42.6 Å². The minimum absolute atomic E-state index is 0.347. The molecule has 1 heterocycles. The molecule has 0 spiro atoms. The molecule has 1 saturated heterocycles. The molecule has 1 aliphatic rings. The van der Waals surface area contributed by atoms with Gasteiger partial charge in [-0.3, -0.25) is 4.90 Å². The molecule has 0 aromatic heterocycles. The van der Waals surface area contributed by atoms with Crippen LogP contribution < -0.4 is 0 Å². The highest BCUT2D eigenvalue weighted by molar-refractivity contribution is 6.20. The number of hydrogen-bond acceptors (Lipinski definition) is 2. The van der Waals surface area contributed by atoms with Gasteiger partial charge in [-0.25, -0.2) is 0 Å². The van der Waals surface area contributed by atoms with Crippen LogP contribution in [0.15, 0.2) is 0 Å². The SMILES string of the molecule is CC(C)OCCN1CCC(Cl)C1. The van der Waals surface area contributed by atoms with Crippen molar-refractivity contribution < 1.29 is 4.74 Å². The molecule has 3 heteroatoms. The zero-order valence-corrected chi connectivity index (χ0v) is 8.68. The highest BCUT2D eigenvalue weighted by atomic mass is 35.5. The van der Waals surface area contributed by atoms with E-state index in [4.69, 9.17) is 16.3 Å². The largest absolute Gasteiger partial charge is 0.377 e. The predicted molar refractivity (Wildman–Crippen MR) is 51.8 cm³/mol. The topological polar surface area (TPSA) is 12.5 Å². The van der Waals surface area contributed by atoms with Crippen molar-refractivity contribution in [1.29, 1.82) is 0 Å². The van der Waals surface area contributed by atoms with Crippen molar-refractivity contribution in [3.8, 4) is 0 Å². The van der Waals surface area contributed by atoms with Crippen molar-refractivity contribution in [1.82, 2.24) is 4.90 Å². The summed E-state index contributed by atoms with van der Waals surface area (Å²) in [5.41, 5.74) is 0. The molecule has 0 aromatic carbocycles. The highest BCUT2D eigenvalue weighted by Crippen LogP contribution is 2.13. The first-order valence-corrected chi connectivity index (χ1v) is 5.10. The lowest BCUT2D eigenvalue weighted by Gasteiger charge is -2.15. The van der Waals surface area contributed by atoms with Crippen LogP contribution in [0.3, 0.4) is 0 Å². The summed E-state index contributed by atoms with van der Waals surface area (Å²) in [5, 5.41) is 0.365. The Bertz CT molecular complexity index is 130. The van der Waals surface area contributed by atoms with E-state index >= 15 is 0 Å². The summed E-state index contributed by atoms with van der Waals surface area (Å²) in [4.78, 5) is 2.36. The zero-order chi connectivity index (χ0) is 8.97. The van der Waals surface area contributed by atoms with E-state index < -0.39 is 0 Å². The van der Waals surface area contributed by atoms with Gasteiger partial charge in [0, 0.05) is 18.5 Å². The third kappa shape index (κ3) is 3.74. The molecule has 0 amide bonds. The van der Waals surface area contributed by atoms with E-state index in [0.29, 0.717) is 11.5 Å². The zero-order valence-electron chi connectivity index (χ0n) is 7.92. The van der Waals surface area contributed by atoms with Gasteiger partial charge < -0.3 is 4.74 Å². The predicted octanol–water partition coefficient (Wildman–Crippen LogP) is 1.72. The van der Waals surface area contributed by atoms with Crippen LogP contribution in [0.1, 0.15) is 20.3 Å². The first kappa shape index (κ1) is 10.3. The van der Waals surface area contributed by atoms with Crippen LogP contribution in [-0.2, 0) is 4.74 Å². The number of ether oxygens (including phenoxy) is 1. The molecule has 12 heavy (non-hydrogen) atoms. The fraction of sp³-hybridized carbons (Fsp3) is 1.00. The molecular weight excluding hydrogens is 174 g/mol. The van der Waals surface area contributed by atoms with Gasteiger partial charge in [-0.05, 0) is 26.8 Å². The van der Waals surface area contributed by atoms with Crippen LogP contribution in [0.4, 0.5) is 0 Å². The molecule has 1 unspecified atom stereocenters. The number of halogens is 1. The number of hydrogen-bond donors (Lipinski definition) is 0. The van der Waals surface area contributed by atoms with E-state index in [1.54, 1.807) is 0 Å². The van der Waals surface area contributed by atoms with Gasteiger partial charge in [0.1, 0.15) is 0 Å². The number of nitrogens with zero attached hydrogens (tertiary/aromatic N) is 1. The second kappa shape index (κ2) is 5.05. The van der Waals surface area contributed by atoms with E-state index in [0.717, 1.165) is 32.7 Å². The van der Waals surface area contributed by atoms with Gasteiger partial charge in [0.05, 0.1) is 12.7 Å². The Morgan fingerprint density at radius 3 is 2.83 bits per heavy atom. The molecule has 72 valence electrons. The second-order valence-electron chi connectivity index (χ2n) is 3.61. The van der Waals surface area contributed by atoms with Crippen LogP contribution >= 0.6 is 11.6 Å². The molecular formula is C9H18ClNO. The Morgan fingerprint density at radius 2 is 2.33 bits per heavy atom. The molecule has 1 fully saturated rings. The third-order valence-electron chi connectivity index (χ3n) is 2.07. The van der Waals surface area contributed by atoms with Gasteiger partial charge in [-0.15, -0.1) is 11.6 Å². The number of rotatable bonds is 4. The number of alkyl halides is 1. The normalized spacial score (nSPS) is 25.5. The molecule has 1 atom stereocenters. The van der Waals surface area contributed by atoms with Crippen molar-refractivity contribution in [3.63, 3.8) is 0 Å². The molecule has 0 saturated carbocycles. The molecule has 0 aliphatic carbocycles. The molecule has 2 nitrogen and oxygen atoms in total. The minimum atomic E-state index is 0.347. The Kier molecular flexibility index (Phi) is 4.33. The molecule has 1 aliphatic heterocycles. The molecule has 0 radical (unpaired) electrons. The van der Waals surface area contributed by atoms with Gasteiger partial charge in [0.25, 0.3) is 0 Å². The molecule has 0 aromatic rings. The Hall–Kier alpha value is 0.210. The summed E-state index contributed by atoms with van der Waals surface area (Å²) in [6.07, 6.45) is 1.47. The minimum Gasteiger partial charge on any atom is -0.377 e. The van der Waals surface area contributed by atoms with Crippen LogP contribution in [0, 0.1) is 0 Å². The Labute approximate surface area is 79.8 Å². The molecule has 1 rings (SSSR count). The van der Waals surface area contributed by atoms with Gasteiger partial charge in [0.2, 0.25) is 0 Å². The maximum atomic E-state index is 5.97. The van der Waals surface area contributed by atoms with Crippen LogP contribution in [0.5, 0.6) is 0 Å². The van der Waals surface area contributed by atoms with Crippen molar-refractivity contribution in [3.05, 3.63) is 0 Å². The van der Waals surface area contributed by atoms with Crippen LogP contribution in [0.25, 0.3) is 0 Å². The summed E-state index contributed by atoms with van der Waals surface area (Å²) >= 11 is 5.97. The van der Waals surface area contributed by atoms with E-state index in [2.05, 4.69) is 18.7 Å². The monoisotopic (exact) mass is 191 g/mol. The van der Waals surface area contributed by atoms with Crippen molar-refractivity contribution in [2.24, 2.45) is 0 Å². The van der Waals surface area contributed by atoms with Crippen LogP contribution in [0.2, 0.25) is 0 Å². The van der Waals surface area contributed by atoms with E-state index in [1.165, 1.54) is 0 Å². The quantitative estimate of drug-likeness (QED) is 0.628. The summed E-state index contributed by atoms with van der Waals surface area (Å²) in [6.45, 7) is 8.16. The average Bonchev–Trinajstić information content (AvgIpc) is 2.35. The summed E-state index contributed by atoms with van der Waals surface area (Å²) in [7, 11) is 0. The average molecular weight is 192 g/mol. The lowest BCUT2D eigenvalue weighted by molar-refractivity contribution is 0.0636. The fourth-order valence-electron chi connectivity index (χ4n) is 1.41. The van der Waals surface area contributed by atoms with E-state index in [1.807, 2.05) is 0 Å². The number of likely N-dealkylation sites (tertiary alicyclic amines) is 1. The van der Waals surface area contributed by atoms with Crippen molar-refractivity contribution >= 4 is 11.6 Å². The van der Waals surface area contributed by atoms with E-state index in [-0.39, 0.29) is 0 Å². The van der Waals surface area contributed by atoms with Crippen molar-refractivity contribution in [2.45, 2.75) is 31.7 Å². The Morgan fingerprint density at radius 1 is 1.58 bits per heavy atom. The molecule has 0 N–H and O–H groups in total. The first-order chi connectivity index (χ1) is 5.68. The smallest absolute Gasteiger partial charge is 0.0596 e. The Balaban J connectivity index is 2.00. The summed E-state index contributed by atoms with van der Waals surface area (Å²) < 4.78 is 5.45. The van der Waals surface area contributed by atoms with E-state index in [9.17, 15) is 0 Å². The maximum absolute atomic E-state index is 5.97. The fourth-order valence-corrected chi connectivity index (χ4v) is 1.70. The summed E-state index contributed by atoms with van der Waals surface area (Å²) in [5.74, 6) is 0. The van der Waals surface area contributed by atoms with Gasteiger partial charge in [0.15, 0.2) is 0 Å². The van der Waals surface area contributed by atoms with Crippen molar-refractivity contribution in [2.75, 3.05) is 26.2 Å². The third-order valence-corrected chi connectivity index (χ3v) is 2.43. The van der Waals surface area contributed by atoms with Gasteiger partial charge in [-0.2, -0.15) is 0 Å². The van der Waals surface area contributed by atoms with Gasteiger partial charge >= 0.3 is 0 Å². The lowest BCUT2D eigenvalue weighted by atomic mass is 10.4. The molecule has 0 bridgehead atoms. The lowest BCUT2D eigenvalue weighted by Crippen LogP contribution is -2.26. The first-order valence-electron chi connectivity index (χ1n) is 4.66.